The van der Waals surface area contributed by atoms with E-state index in [1.54, 1.807) is 6.07 Å². The van der Waals surface area contributed by atoms with Gasteiger partial charge in [-0.2, -0.15) is 13.2 Å². The van der Waals surface area contributed by atoms with Crippen LogP contribution in [-0.2, 0) is 6.18 Å². The van der Waals surface area contributed by atoms with Crippen LogP contribution in [0.4, 0.5) is 13.2 Å². The van der Waals surface area contributed by atoms with E-state index < -0.39 is 11.7 Å². The third kappa shape index (κ3) is 2.87. The SMILES string of the molecule is FC(F)(F)c1ccc2nc(-c3ccc(I)c(Cl)c3)[nH]c2c1. The molecule has 0 bridgehead atoms. The lowest BCUT2D eigenvalue weighted by Crippen LogP contribution is -2.04. The van der Waals surface area contributed by atoms with Crippen molar-refractivity contribution in [3.8, 4) is 11.4 Å². The molecule has 21 heavy (non-hydrogen) atoms. The Labute approximate surface area is 136 Å². The van der Waals surface area contributed by atoms with Gasteiger partial charge in [0.05, 0.1) is 21.6 Å². The van der Waals surface area contributed by atoms with E-state index in [-0.39, 0.29) is 0 Å². The molecular formula is C14H7ClF3IN2. The maximum absolute atomic E-state index is 12.7. The first kappa shape index (κ1) is 14.6. The molecule has 7 heteroatoms. The number of imidazole rings is 1. The van der Waals surface area contributed by atoms with Crippen LogP contribution in [-0.4, -0.2) is 9.97 Å². The number of alkyl halides is 3. The molecule has 1 aromatic heterocycles. The summed E-state index contributed by atoms with van der Waals surface area (Å²) in [5.74, 6) is 0.489. The fraction of sp³-hybridized carbons (Fsp3) is 0.0714. The zero-order valence-corrected chi connectivity index (χ0v) is 13.2. The van der Waals surface area contributed by atoms with Gasteiger partial charge >= 0.3 is 6.18 Å². The van der Waals surface area contributed by atoms with E-state index in [1.807, 2.05) is 12.1 Å². The van der Waals surface area contributed by atoms with Gasteiger partial charge in [0.25, 0.3) is 0 Å². The largest absolute Gasteiger partial charge is 0.416 e. The first-order valence-corrected chi connectivity index (χ1v) is 7.32. The summed E-state index contributed by atoms with van der Waals surface area (Å²) in [6, 6.07) is 8.80. The Kier molecular flexibility index (Phi) is 3.61. The zero-order chi connectivity index (χ0) is 15.2. The molecule has 2 aromatic carbocycles. The van der Waals surface area contributed by atoms with Gasteiger partial charge in [-0.1, -0.05) is 17.7 Å². The summed E-state index contributed by atoms with van der Waals surface area (Å²) >= 11 is 8.15. The van der Waals surface area contributed by atoms with Gasteiger partial charge in [0.1, 0.15) is 5.82 Å². The highest BCUT2D eigenvalue weighted by Gasteiger charge is 2.30. The Hall–Kier alpha value is -1.28. The molecule has 3 rings (SSSR count). The summed E-state index contributed by atoms with van der Waals surface area (Å²) in [6.07, 6.45) is -4.37. The van der Waals surface area contributed by atoms with Crippen LogP contribution in [0.25, 0.3) is 22.4 Å². The lowest BCUT2D eigenvalue weighted by Gasteiger charge is -2.05. The molecule has 1 N–H and O–H groups in total. The minimum absolute atomic E-state index is 0.342. The average Bonchev–Trinajstić information content (AvgIpc) is 2.83. The van der Waals surface area contributed by atoms with Crippen LogP contribution in [0.15, 0.2) is 36.4 Å². The molecule has 0 spiro atoms. The molecule has 0 atom stereocenters. The van der Waals surface area contributed by atoms with Gasteiger partial charge in [0.15, 0.2) is 0 Å². The lowest BCUT2D eigenvalue weighted by molar-refractivity contribution is -0.137. The van der Waals surface area contributed by atoms with E-state index in [2.05, 4.69) is 32.6 Å². The zero-order valence-electron chi connectivity index (χ0n) is 10.3. The normalized spacial score (nSPS) is 12.0. The standard InChI is InChI=1S/C14H7ClF3IN2/c15-9-5-7(1-3-10(9)19)13-20-11-4-2-8(14(16,17)18)6-12(11)21-13/h1-6H,(H,20,21). The molecule has 0 aliphatic carbocycles. The van der Waals surface area contributed by atoms with Crippen molar-refractivity contribution in [2.24, 2.45) is 0 Å². The molecule has 0 amide bonds. The van der Waals surface area contributed by atoms with Crippen molar-refractivity contribution >= 4 is 45.2 Å². The number of benzene rings is 2. The minimum Gasteiger partial charge on any atom is -0.338 e. The van der Waals surface area contributed by atoms with Crippen LogP contribution in [0.3, 0.4) is 0 Å². The predicted octanol–water partition coefficient (Wildman–Crippen LogP) is 5.51. The van der Waals surface area contributed by atoms with Crippen molar-refractivity contribution in [3.63, 3.8) is 0 Å². The Morgan fingerprint density at radius 2 is 1.86 bits per heavy atom. The van der Waals surface area contributed by atoms with E-state index >= 15 is 0 Å². The fourth-order valence-electron chi connectivity index (χ4n) is 1.97. The van der Waals surface area contributed by atoms with Crippen molar-refractivity contribution in [2.45, 2.75) is 6.18 Å². The summed E-state index contributed by atoms with van der Waals surface area (Å²) in [5.41, 5.74) is 0.846. The van der Waals surface area contributed by atoms with Crippen molar-refractivity contribution in [1.29, 1.82) is 0 Å². The van der Waals surface area contributed by atoms with E-state index in [4.69, 9.17) is 11.6 Å². The number of hydrogen-bond donors (Lipinski definition) is 1. The van der Waals surface area contributed by atoms with Gasteiger partial charge in [0.2, 0.25) is 0 Å². The maximum atomic E-state index is 12.7. The van der Waals surface area contributed by atoms with E-state index in [9.17, 15) is 13.2 Å². The van der Waals surface area contributed by atoms with Crippen molar-refractivity contribution < 1.29 is 13.2 Å². The van der Waals surface area contributed by atoms with Gasteiger partial charge in [-0.3, -0.25) is 0 Å². The summed E-state index contributed by atoms with van der Waals surface area (Å²) < 4.78 is 39.0. The number of rotatable bonds is 1. The third-order valence-corrected chi connectivity index (χ3v) is 4.57. The first-order valence-electron chi connectivity index (χ1n) is 5.87. The summed E-state index contributed by atoms with van der Waals surface area (Å²) in [6.45, 7) is 0. The smallest absolute Gasteiger partial charge is 0.338 e. The van der Waals surface area contributed by atoms with E-state index in [0.29, 0.717) is 21.9 Å². The van der Waals surface area contributed by atoms with Gasteiger partial charge in [0, 0.05) is 9.13 Å². The number of nitrogens with one attached hydrogen (secondary N) is 1. The molecule has 1 heterocycles. The number of aromatic nitrogens is 2. The molecule has 0 unspecified atom stereocenters. The fourth-order valence-corrected chi connectivity index (χ4v) is 2.48. The Balaban J connectivity index is 2.10. The quantitative estimate of drug-likeness (QED) is 0.515. The van der Waals surface area contributed by atoms with Crippen LogP contribution in [0, 0.1) is 3.57 Å². The van der Waals surface area contributed by atoms with Gasteiger partial charge in [-0.15, -0.1) is 0 Å². The first-order chi connectivity index (χ1) is 9.84. The number of fused-ring (bicyclic) bond motifs is 1. The Morgan fingerprint density at radius 1 is 1.10 bits per heavy atom. The number of nitrogens with zero attached hydrogens (tertiary/aromatic N) is 1. The number of aromatic amines is 1. The second-order valence-corrected chi connectivity index (χ2v) is 6.01. The van der Waals surface area contributed by atoms with Crippen molar-refractivity contribution in [1.82, 2.24) is 9.97 Å². The third-order valence-electron chi connectivity index (χ3n) is 3.00. The molecule has 108 valence electrons. The number of H-pyrrole nitrogens is 1. The monoisotopic (exact) mass is 422 g/mol. The van der Waals surface area contributed by atoms with Crippen LogP contribution in [0.2, 0.25) is 5.02 Å². The molecule has 0 fully saturated rings. The summed E-state index contributed by atoms with van der Waals surface area (Å²) in [5, 5.41) is 0.574. The van der Waals surface area contributed by atoms with Crippen LogP contribution >= 0.6 is 34.2 Å². The topological polar surface area (TPSA) is 28.7 Å². The van der Waals surface area contributed by atoms with Crippen LogP contribution in [0.1, 0.15) is 5.56 Å². The van der Waals surface area contributed by atoms with Crippen molar-refractivity contribution in [2.75, 3.05) is 0 Å². The van der Waals surface area contributed by atoms with E-state index in [1.165, 1.54) is 6.07 Å². The number of halogens is 5. The van der Waals surface area contributed by atoms with Gasteiger partial charge in [-0.05, 0) is 52.9 Å². The van der Waals surface area contributed by atoms with Gasteiger partial charge in [-0.25, -0.2) is 4.98 Å². The highest BCUT2D eigenvalue weighted by molar-refractivity contribution is 14.1. The molecule has 2 nitrogen and oxygen atoms in total. The second kappa shape index (κ2) is 5.17. The van der Waals surface area contributed by atoms with Crippen molar-refractivity contribution in [3.05, 3.63) is 50.6 Å². The second-order valence-electron chi connectivity index (χ2n) is 4.44. The molecular weight excluding hydrogens is 416 g/mol. The molecule has 0 aliphatic rings. The highest BCUT2D eigenvalue weighted by atomic mass is 127. The Morgan fingerprint density at radius 3 is 2.52 bits per heavy atom. The number of hydrogen-bond acceptors (Lipinski definition) is 1. The van der Waals surface area contributed by atoms with E-state index in [0.717, 1.165) is 21.3 Å². The maximum Gasteiger partial charge on any atom is 0.416 e. The molecule has 0 saturated carbocycles. The average molecular weight is 423 g/mol. The summed E-state index contributed by atoms with van der Waals surface area (Å²) in [7, 11) is 0. The predicted molar refractivity (Wildman–Crippen MR) is 84.3 cm³/mol. The van der Waals surface area contributed by atoms with Crippen LogP contribution < -0.4 is 0 Å². The highest BCUT2D eigenvalue weighted by Crippen LogP contribution is 2.32. The molecule has 0 aliphatic heterocycles. The Bertz CT molecular complexity index is 827. The van der Waals surface area contributed by atoms with Crippen LogP contribution in [0.5, 0.6) is 0 Å². The lowest BCUT2D eigenvalue weighted by atomic mass is 10.2. The molecule has 3 aromatic rings. The summed E-state index contributed by atoms with van der Waals surface area (Å²) in [4.78, 5) is 7.19. The molecule has 0 radical (unpaired) electrons. The molecule has 0 saturated heterocycles. The van der Waals surface area contributed by atoms with Gasteiger partial charge < -0.3 is 4.98 Å². The minimum atomic E-state index is -4.37.